The molecule has 0 saturated heterocycles. The van der Waals surface area contributed by atoms with Gasteiger partial charge in [-0.15, -0.1) is 0 Å². The molecule has 0 amide bonds. The number of aliphatic hydroxyl groups is 2. The lowest BCUT2D eigenvalue weighted by molar-refractivity contribution is 0.116. The maximum absolute atomic E-state index is 10.1. The highest BCUT2D eigenvalue weighted by molar-refractivity contribution is 5.39. The summed E-state index contributed by atoms with van der Waals surface area (Å²) < 4.78 is 0. The molecular weight excluding hydrogens is 512 g/mol. The Kier molecular flexibility index (Phi) is 13.5. The zero-order valence-electron chi connectivity index (χ0n) is 28.0. The normalized spacial score (nSPS) is 25.0. The Balaban J connectivity index is 1.90. The van der Waals surface area contributed by atoms with Crippen LogP contribution in [0.3, 0.4) is 0 Å². The molecule has 0 aromatic rings. The van der Waals surface area contributed by atoms with Gasteiger partial charge in [0.05, 0.1) is 12.2 Å². The Morgan fingerprint density at radius 3 is 1.19 bits per heavy atom. The molecule has 2 aliphatic carbocycles. The molecule has 2 heteroatoms. The SMILES string of the molecule is CC1=C(\C=C/C(C)=C\C=C/C(C)=C\C=C/C=C(C)\C=C/C=C(C)\C=C/C2=C(C)C[C@@H](O)CC2(C)C)C(C)(C)C[C@H](O)C1. The lowest BCUT2D eigenvalue weighted by Gasteiger charge is -2.35. The number of hydrogen-bond acceptors (Lipinski definition) is 2. The third-order valence-electron chi connectivity index (χ3n) is 8.24. The zero-order chi connectivity index (χ0) is 31.5. The van der Waals surface area contributed by atoms with E-state index >= 15 is 0 Å². The van der Waals surface area contributed by atoms with Gasteiger partial charge >= 0.3 is 0 Å². The average molecular weight is 569 g/mol. The van der Waals surface area contributed by atoms with Crippen molar-refractivity contribution in [3.63, 3.8) is 0 Å². The highest BCUT2D eigenvalue weighted by Gasteiger charge is 2.32. The molecule has 2 atom stereocenters. The Bertz CT molecular complexity index is 1190. The van der Waals surface area contributed by atoms with Crippen molar-refractivity contribution in [1.29, 1.82) is 0 Å². The second kappa shape index (κ2) is 16.1. The van der Waals surface area contributed by atoms with E-state index in [0.29, 0.717) is 0 Å². The van der Waals surface area contributed by atoms with Gasteiger partial charge in [-0.1, -0.05) is 146 Å². The maximum Gasteiger partial charge on any atom is 0.0585 e. The summed E-state index contributed by atoms with van der Waals surface area (Å²) in [6, 6.07) is 0. The first kappa shape index (κ1) is 35.3. The second-order valence-electron chi connectivity index (χ2n) is 13.7. The van der Waals surface area contributed by atoms with Crippen molar-refractivity contribution in [3.05, 3.63) is 130 Å². The summed E-state index contributed by atoms with van der Waals surface area (Å²) in [4.78, 5) is 0. The Hall–Kier alpha value is -2.94. The molecule has 0 bridgehead atoms. The fraction of sp³-hybridized carbons (Fsp3) is 0.450. The molecule has 2 rings (SSSR count). The minimum absolute atomic E-state index is 0.00547. The van der Waals surface area contributed by atoms with Crippen LogP contribution in [0.4, 0.5) is 0 Å². The number of rotatable bonds is 10. The van der Waals surface area contributed by atoms with Gasteiger partial charge in [0.25, 0.3) is 0 Å². The van der Waals surface area contributed by atoms with Gasteiger partial charge in [0.2, 0.25) is 0 Å². The molecule has 0 unspecified atom stereocenters. The fourth-order valence-electron chi connectivity index (χ4n) is 6.13. The van der Waals surface area contributed by atoms with Gasteiger partial charge in [-0.3, -0.25) is 0 Å². The molecule has 2 aliphatic rings. The van der Waals surface area contributed by atoms with E-state index < -0.39 is 0 Å². The van der Waals surface area contributed by atoms with Crippen molar-refractivity contribution >= 4 is 0 Å². The smallest absolute Gasteiger partial charge is 0.0585 e. The molecule has 0 aliphatic heterocycles. The van der Waals surface area contributed by atoms with E-state index in [1.54, 1.807) is 0 Å². The summed E-state index contributed by atoms with van der Waals surface area (Å²) >= 11 is 0. The van der Waals surface area contributed by atoms with Gasteiger partial charge in [0.15, 0.2) is 0 Å². The summed E-state index contributed by atoms with van der Waals surface area (Å²) in [5, 5.41) is 20.2. The van der Waals surface area contributed by atoms with Crippen molar-refractivity contribution in [2.24, 2.45) is 10.8 Å². The monoisotopic (exact) mass is 568 g/mol. The quantitative estimate of drug-likeness (QED) is 0.257. The van der Waals surface area contributed by atoms with Crippen LogP contribution in [0.25, 0.3) is 0 Å². The molecule has 0 aromatic heterocycles. The first-order chi connectivity index (χ1) is 19.6. The van der Waals surface area contributed by atoms with Crippen LogP contribution in [-0.4, -0.2) is 22.4 Å². The maximum atomic E-state index is 10.1. The number of allylic oxidation sites excluding steroid dienone is 20. The summed E-state index contributed by atoms with van der Waals surface area (Å²) in [6.07, 6.45) is 32.6. The Labute approximate surface area is 257 Å². The van der Waals surface area contributed by atoms with Crippen LogP contribution in [-0.2, 0) is 0 Å². The zero-order valence-corrected chi connectivity index (χ0v) is 28.0. The van der Waals surface area contributed by atoms with Gasteiger partial charge < -0.3 is 10.2 Å². The first-order valence-electron chi connectivity index (χ1n) is 15.5. The Morgan fingerprint density at radius 1 is 0.548 bits per heavy atom. The van der Waals surface area contributed by atoms with Crippen molar-refractivity contribution in [1.82, 2.24) is 0 Å². The van der Waals surface area contributed by atoms with Crippen LogP contribution in [0, 0.1) is 10.8 Å². The highest BCUT2D eigenvalue weighted by Crippen LogP contribution is 2.42. The van der Waals surface area contributed by atoms with E-state index in [1.165, 1.54) is 44.6 Å². The van der Waals surface area contributed by atoms with Crippen molar-refractivity contribution in [2.45, 2.75) is 107 Å². The van der Waals surface area contributed by atoms with Crippen LogP contribution < -0.4 is 0 Å². The molecule has 2 N–H and O–H groups in total. The molecule has 0 saturated carbocycles. The largest absolute Gasteiger partial charge is 0.393 e. The average Bonchev–Trinajstić information content (AvgIpc) is 2.84. The summed E-state index contributed by atoms with van der Waals surface area (Å²) in [6.45, 7) is 21.6. The molecule has 0 heterocycles. The molecule has 0 radical (unpaired) electrons. The van der Waals surface area contributed by atoms with Crippen LogP contribution in [0.1, 0.15) is 94.9 Å². The van der Waals surface area contributed by atoms with Crippen molar-refractivity contribution in [3.8, 4) is 0 Å². The van der Waals surface area contributed by atoms with E-state index in [0.717, 1.165) is 25.7 Å². The molecular formula is C40H56O2. The van der Waals surface area contributed by atoms with Crippen molar-refractivity contribution < 1.29 is 10.2 Å². The summed E-state index contributed by atoms with van der Waals surface area (Å²) in [5.74, 6) is 0. The molecule has 228 valence electrons. The van der Waals surface area contributed by atoms with Crippen molar-refractivity contribution in [2.75, 3.05) is 0 Å². The van der Waals surface area contributed by atoms with Gasteiger partial charge in [0.1, 0.15) is 0 Å². The molecule has 0 fully saturated rings. The second-order valence-corrected chi connectivity index (χ2v) is 13.7. The first-order valence-corrected chi connectivity index (χ1v) is 15.5. The highest BCUT2D eigenvalue weighted by atomic mass is 16.3. The third-order valence-corrected chi connectivity index (χ3v) is 8.24. The lowest BCUT2D eigenvalue weighted by atomic mass is 9.71. The molecule has 42 heavy (non-hydrogen) atoms. The van der Waals surface area contributed by atoms with Gasteiger partial charge in [-0.2, -0.15) is 0 Å². The lowest BCUT2D eigenvalue weighted by Crippen LogP contribution is -2.28. The van der Waals surface area contributed by atoms with Gasteiger partial charge in [-0.05, 0) is 89.2 Å². The predicted molar refractivity (Wildman–Crippen MR) is 184 cm³/mol. The molecule has 0 aromatic carbocycles. The van der Waals surface area contributed by atoms with Crippen LogP contribution in [0.2, 0.25) is 0 Å². The third kappa shape index (κ3) is 11.7. The Morgan fingerprint density at radius 2 is 0.857 bits per heavy atom. The molecule has 2 nitrogen and oxygen atoms in total. The van der Waals surface area contributed by atoms with E-state index in [-0.39, 0.29) is 23.0 Å². The number of hydrogen-bond donors (Lipinski definition) is 2. The van der Waals surface area contributed by atoms with E-state index in [2.05, 4.69) is 154 Å². The summed E-state index contributed by atoms with van der Waals surface area (Å²) in [7, 11) is 0. The predicted octanol–water partition coefficient (Wildman–Crippen LogP) is 10.5. The summed E-state index contributed by atoms with van der Waals surface area (Å²) in [5.41, 5.74) is 10.1. The standard InChI is InChI=1S/C40H56O2/c1-29(17-13-19-31(3)21-23-37-33(5)25-35(41)27-39(37,7)8)15-11-12-16-30(2)18-14-20-32(4)22-24-38-34(6)26-36(42)28-40(38,9)10/h11-24,35-36,41-42H,25-28H2,1-10H3/b12-11-,17-13-,18-14-,23-21-,24-22-,29-15-,30-16-,31-19-,32-20-/t35-,36-/m1/s1. The minimum atomic E-state index is -0.227. The van der Waals surface area contributed by atoms with Gasteiger partial charge in [0, 0.05) is 0 Å². The van der Waals surface area contributed by atoms with E-state index in [9.17, 15) is 10.2 Å². The van der Waals surface area contributed by atoms with E-state index in [4.69, 9.17) is 0 Å². The fourth-order valence-corrected chi connectivity index (χ4v) is 6.13. The van der Waals surface area contributed by atoms with Crippen LogP contribution >= 0.6 is 0 Å². The topological polar surface area (TPSA) is 40.5 Å². The molecule has 0 spiro atoms. The van der Waals surface area contributed by atoms with Gasteiger partial charge in [-0.25, -0.2) is 0 Å². The number of aliphatic hydroxyl groups excluding tert-OH is 2. The van der Waals surface area contributed by atoms with Crippen LogP contribution in [0.5, 0.6) is 0 Å². The van der Waals surface area contributed by atoms with E-state index in [1.807, 2.05) is 0 Å². The minimum Gasteiger partial charge on any atom is -0.393 e. The van der Waals surface area contributed by atoms with Crippen LogP contribution in [0.15, 0.2) is 130 Å².